The Morgan fingerprint density at radius 2 is 2.50 bits per heavy atom. The highest BCUT2D eigenvalue weighted by Gasteiger charge is 2.38. The molecule has 74 valence electrons. The second-order valence-corrected chi connectivity index (χ2v) is 3.96. The number of pyridine rings is 1. The average molecular weight is 193 g/mol. The molecule has 3 nitrogen and oxygen atoms in total. The molecule has 3 heterocycles. The highest BCUT2D eigenvalue weighted by Crippen LogP contribution is 2.29. The first-order valence-corrected chi connectivity index (χ1v) is 4.95. The van der Waals surface area contributed by atoms with Gasteiger partial charge in [0.05, 0.1) is 0 Å². The zero-order valence-electron chi connectivity index (χ0n) is 7.78. The molecule has 0 aliphatic carbocycles. The van der Waals surface area contributed by atoms with E-state index >= 15 is 0 Å². The van der Waals surface area contributed by atoms with Crippen molar-refractivity contribution in [3.05, 3.63) is 24.1 Å². The van der Waals surface area contributed by atoms with E-state index in [1.54, 1.807) is 12.3 Å². The van der Waals surface area contributed by atoms with Gasteiger partial charge < -0.3 is 10.2 Å². The van der Waals surface area contributed by atoms with Gasteiger partial charge in [-0.2, -0.15) is 0 Å². The van der Waals surface area contributed by atoms with E-state index in [1.807, 2.05) is 0 Å². The van der Waals surface area contributed by atoms with Crippen molar-refractivity contribution in [1.29, 1.82) is 0 Å². The molecule has 3 rings (SSSR count). The maximum atomic E-state index is 13.4. The number of piperazine rings is 1. The fourth-order valence-electron chi connectivity index (χ4n) is 2.41. The Morgan fingerprint density at radius 1 is 1.57 bits per heavy atom. The molecule has 0 aromatic carbocycles. The first-order chi connectivity index (χ1) is 6.84. The van der Waals surface area contributed by atoms with Crippen molar-refractivity contribution in [2.75, 3.05) is 18.0 Å². The molecular weight excluding hydrogens is 181 g/mol. The summed E-state index contributed by atoms with van der Waals surface area (Å²) in [5.74, 6) is 0.307. The lowest BCUT2D eigenvalue weighted by molar-refractivity contribution is 0.554. The summed E-state index contributed by atoms with van der Waals surface area (Å²) in [5.41, 5.74) is 0. The normalized spacial score (nSPS) is 29.9. The third-order valence-corrected chi connectivity index (χ3v) is 3.07. The van der Waals surface area contributed by atoms with Crippen LogP contribution in [-0.2, 0) is 0 Å². The van der Waals surface area contributed by atoms with Gasteiger partial charge >= 0.3 is 0 Å². The number of hydrogen-bond donors (Lipinski definition) is 1. The first kappa shape index (κ1) is 8.17. The molecule has 0 amide bonds. The molecular formula is C10H12FN3. The SMILES string of the molecule is Fc1cccnc1N1CC2CC1CN2. The summed E-state index contributed by atoms with van der Waals surface area (Å²) in [4.78, 5) is 6.18. The Labute approximate surface area is 81.9 Å². The number of rotatable bonds is 1. The minimum atomic E-state index is -0.208. The van der Waals surface area contributed by atoms with Gasteiger partial charge in [0.15, 0.2) is 11.6 Å². The van der Waals surface area contributed by atoms with Crippen molar-refractivity contribution in [2.24, 2.45) is 0 Å². The Kier molecular flexibility index (Phi) is 1.70. The lowest BCUT2D eigenvalue weighted by Gasteiger charge is -2.28. The third kappa shape index (κ3) is 1.10. The number of anilines is 1. The van der Waals surface area contributed by atoms with Crippen molar-refractivity contribution in [1.82, 2.24) is 10.3 Å². The maximum Gasteiger partial charge on any atom is 0.165 e. The van der Waals surface area contributed by atoms with Crippen molar-refractivity contribution in [3.63, 3.8) is 0 Å². The van der Waals surface area contributed by atoms with Crippen LogP contribution in [0.4, 0.5) is 10.2 Å². The van der Waals surface area contributed by atoms with Crippen LogP contribution in [0.1, 0.15) is 6.42 Å². The number of nitrogens with zero attached hydrogens (tertiary/aromatic N) is 2. The van der Waals surface area contributed by atoms with Crippen LogP contribution in [0.2, 0.25) is 0 Å². The van der Waals surface area contributed by atoms with Gasteiger partial charge in [-0.3, -0.25) is 0 Å². The van der Waals surface area contributed by atoms with E-state index in [2.05, 4.69) is 15.2 Å². The summed E-state index contributed by atoms with van der Waals surface area (Å²) in [5, 5.41) is 3.38. The van der Waals surface area contributed by atoms with E-state index in [9.17, 15) is 4.39 Å². The average Bonchev–Trinajstić information content (AvgIpc) is 2.79. The molecule has 1 aromatic rings. The minimum Gasteiger partial charge on any atom is -0.348 e. The molecule has 2 unspecified atom stereocenters. The quantitative estimate of drug-likeness (QED) is 0.714. The summed E-state index contributed by atoms with van der Waals surface area (Å²) in [6.45, 7) is 1.85. The van der Waals surface area contributed by atoms with Crippen LogP contribution in [0.25, 0.3) is 0 Å². The largest absolute Gasteiger partial charge is 0.348 e. The molecule has 2 atom stereocenters. The fourth-order valence-corrected chi connectivity index (χ4v) is 2.41. The second-order valence-electron chi connectivity index (χ2n) is 3.96. The van der Waals surface area contributed by atoms with Gasteiger partial charge in [-0.05, 0) is 18.6 Å². The number of nitrogens with one attached hydrogen (secondary N) is 1. The van der Waals surface area contributed by atoms with Gasteiger partial charge in [-0.1, -0.05) is 0 Å². The molecule has 14 heavy (non-hydrogen) atoms. The van der Waals surface area contributed by atoms with E-state index in [4.69, 9.17) is 0 Å². The Bertz CT molecular complexity index is 355. The van der Waals surface area contributed by atoms with Crippen molar-refractivity contribution in [3.8, 4) is 0 Å². The maximum absolute atomic E-state index is 13.4. The van der Waals surface area contributed by atoms with Crippen LogP contribution in [0, 0.1) is 5.82 Å². The highest BCUT2D eigenvalue weighted by molar-refractivity contribution is 5.44. The van der Waals surface area contributed by atoms with E-state index < -0.39 is 0 Å². The molecule has 1 aromatic heterocycles. The Morgan fingerprint density at radius 3 is 3.14 bits per heavy atom. The third-order valence-electron chi connectivity index (χ3n) is 3.07. The molecule has 2 fully saturated rings. The van der Waals surface area contributed by atoms with Crippen molar-refractivity contribution in [2.45, 2.75) is 18.5 Å². The molecule has 0 saturated carbocycles. The van der Waals surface area contributed by atoms with Gasteiger partial charge in [-0.15, -0.1) is 0 Å². The lowest BCUT2D eigenvalue weighted by Crippen LogP contribution is -2.44. The number of halogens is 1. The number of fused-ring (bicyclic) bond motifs is 2. The zero-order chi connectivity index (χ0) is 9.54. The van der Waals surface area contributed by atoms with Crippen LogP contribution in [0.3, 0.4) is 0 Å². The lowest BCUT2D eigenvalue weighted by atomic mass is 10.2. The van der Waals surface area contributed by atoms with E-state index in [-0.39, 0.29) is 5.82 Å². The summed E-state index contributed by atoms with van der Waals surface area (Å²) in [6, 6.07) is 4.07. The smallest absolute Gasteiger partial charge is 0.165 e. The molecule has 2 aliphatic heterocycles. The minimum absolute atomic E-state index is 0.208. The number of hydrogen-bond acceptors (Lipinski definition) is 3. The molecule has 4 heteroatoms. The summed E-state index contributed by atoms with van der Waals surface area (Å²) < 4.78 is 13.4. The predicted octanol–water partition coefficient (Wildman–Crippen LogP) is 0.771. The van der Waals surface area contributed by atoms with Gasteiger partial charge in [0, 0.05) is 31.4 Å². The fraction of sp³-hybridized carbons (Fsp3) is 0.500. The van der Waals surface area contributed by atoms with E-state index in [1.165, 1.54) is 6.07 Å². The molecule has 0 radical (unpaired) electrons. The van der Waals surface area contributed by atoms with E-state index in [0.29, 0.717) is 17.9 Å². The Hall–Kier alpha value is -1.16. The van der Waals surface area contributed by atoms with Gasteiger partial charge in [0.1, 0.15) is 0 Å². The summed E-state index contributed by atoms with van der Waals surface area (Å²) in [6.07, 6.45) is 2.77. The van der Waals surface area contributed by atoms with Crippen LogP contribution in [-0.4, -0.2) is 30.2 Å². The molecule has 2 aliphatic rings. The van der Waals surface area contributed by atoms with Crippen LogP contribution in [0.5, 0.6) is 0 Å². The van der Waals surface area contributed by atoms with Crippen LogP contribution >= 0.6 is 0 Å². The summed E-state index contributed by atoms with van der Waals surface area (Å²) >= 11 is 0. The monoisotopic (exact) mass is 193 g/mol. The molecule has 2 saturated heterocycles. The Balaban J connectivity index is 1.93. The van der Waals surface area contributed by atoms with Crippen molar-refractivity contribution < 1.29 is 4.39 Å². The van der Waals surface area contributed by atoms with Crippen LogP contribution < -0.4 is 10.2 Å². The number of aromatic nitrogens is 1. The molecule has 2 bridgehead atoms. The topological polar surface area (TPSA) is 28.2 Å². The van der Waals surface area contributed by atoms with Gasteiger partial charge in [0.25, 0.3) is 0 Å². The summed E-state index contributed by atoms with van der Waals surface area (Å²) in [7, 11) is 0. The highest BCUT2D eigenvalue weighted by atomic mass is 19.1. The molecule has 0 spiro atoms. The zero-order valence-corrected chi connectivity index (χ0v) is 7.78. The van der Waals surface area contributed by atoms with Gasteiger partial charge in [-0.25, -0.2) is 9.37 Å². The van der Waals surface area contributed by atoms with E-state index in [0.717, 1.165) is 19.5 Å². The van der Waals surface area contributed by atoms with Crippen LogP contribution in [0.15, 0.2) is 18.3 Å². The second kappa shape index (κ2) is 2.92. The van der Waals surface area contributed by atoms with Crippen molar-refractivity contribution >= 4 is 5.82 Å². The first-order valence-electron chi connectivity index (χ1n) is 4.95. The van der Waals surface area contributed by atoms with Gasteiger partial charge in [0.2, 0.25) is 0 Å². The standard InChI is InChI=1S/C10H12FN3/c11-9-2-1-3-12-10(9)14-6-7-4-8(14)5-13-7/h1-3,7-8,13H,4-6H2. The molecule has 1 N–H and O–H groups in total. The predicted molar refractivity (Wildman–Crippen MR) is 51.7 cm³/mol.